The Morgan fingerprint density at radius 2 is 2.14 bits per heavy atom. The molecule has 0 radical (unpaired) electrons. The van der Waals surface area contributed by atoms with Crippen LogP contribution in [0.25, 0.3) is 0 Å². The molecule has 124 valence electrons. The maximum atomic E-state index is 13.5. The number of aromatic nitrogens is 2. The summed E-state index contributed by atoms with van der Waals surface area (Å²) in [6.07, 6.45) is -0.710. The fraction of sp³-hybridized carbons (Fsp3) is 0.714. The molecule has 0 aromatic carbocycles. The Morgan fingerprint density at radius 1 is 1.45 bits per heavy atom. The van der Waals surface area contributed by atoms with E-state index in [9.17, 15) is 13.6 Å². The molecule has 8 heteroatoms. The Morgan fingerprint density at radius 3 is 2.73 bits per heavy atom. The fourth-order valence-electron chi connectivity index (χ4n) is 2.46. The van der Waals surface area contributed by atoms with Crippen LogP contribution in [0.1, 0.15) is 28.2 Å². The first-order valence-electron chi connectivity index (χ1n) is 7.36. The van der Waals surface area contributed by atoms with Crippen LogP contribution in [0.2, 0.25) is 25.7 Å². The summed E-state index contributed by atoms with van der Waals surface area (Å²) < 4.78 is 34.0. The number of aromatic carboxylic acids is 1. The molecular formula is C14H22F2N2O3Si. The van der Waals surface area contributed by atoms with Gasteiger partial charge in [0.15, 0.2) is 5.69 Å². The molecule has 0 atom stereocenters. The van der Waals surface area contributed by atoms with Gasteiger partial charge in [-0.15, -0.1) is 0 Å². The minimum atomic E-state index is -2.86. The fourth-order valence-corrected chi connectivity index (χ4v) is 3.21. The van der Waals surface area contributed by atoms with Crippen molar-refractivity contribution in [3.8, 4) is 0 Å². The highest BCUT2D eigenvalue weighted by Crippen LogP contribution is 2.34. The van der Waals surface area contributed by atoms with Gasteiger partial charge in [0.25, 0.3) is 5.92 Å². The monoisotopic (exact) mass is 332 g/mol. The van der Waals surface area contributed by atoms with Gasteiger partial charge < -0.3 is 9.84 Å². The van der Waals surface area contributed by atoms with Crippen LogP contribution < -0.4 is 0 Å². The van der Waals surface area contributed by atoms with Gasteiger partial charge in [0.1, 0.15) is 6.73 Å². The summed E-state index contributed by atoms with van der Waals surface area (Å²) >= 11 is 0. The predicted molar refractivity (Wildman–Crippen MR) is 80.3 cm³/mol. The number of halogens is 2. The molecule has 1 N–H and O–H groups in total. The number of carbonyl (C=O) groups is 1. The van der Waals surface area contributed by atoms with E-state index < -0.39 is 26.4 Å². The summed E-state index contributed by atoms with van der Waals surface area (Å²) in [6.45, 7) is 7.39. The second kappa shape index (κ2) is 6.08. The lowest BCUT2D eigenvalue weighted by Crippen LogP contribution is -2.27. The van der Waals surface area contributed by atoms with E-state index in [1.165, 1.54) is 4.68 Å². The number of rotatable bonds is 6. The number of ether oxygens (including phenoxy) is 1. The van der Waals surface area contributed by atoms with Gasteiger partial charge in [-0.05, 0) is 12.5 Å². The molecule has 1 aromatic rings. The maximum Gasteiger partial charge on any atom is 0.356 e. The molecular weight excluding hydrogens is 310 g/mol. The van der Waals surface area contributed by atoms with Gasteiger partial charge in [0.05, 0.1) is 0 Å². The van der Waals surface area contributed by atoms with Crippen LogP contribution in [-0.4, -0.2) is 41.5 Å². The first kappa shape index (κ1) is 17.1. The summed E-state index contributed by atoms with van der Waals surface area (Å²) in [5.74, 6) is -4.13. The Labute approximate surface area is 129 Å². The van der Waals surface area contributed by atoms with Crippen LogP contribution in [0.3, 0.4) is 0 Å². The molecule has 1 heterocycles. The Balaban J connectivity index is 2.11. The maximum absolute atomic E-state index is 13.5. The molecule has 1 aromatic heterocycles. The minimum absolute atomic E-state index is 0.117. The molecule has 1 aliphatic rings. The van der Waals surface area contributed by atoms with E-state index in [1.807, 2.05) is 0 Å². The van der Waals surface area contributed by atoms with E-state index in [0.29, 0.717) is 12.3 Å². The molecule has 0 bridgehead atoms. The summed E-state index contributed by atoms with van der Waals surface area (Å²) in [4.78, 5) is 11.2. The zero-order chi connectivity index (χ0) is 16.5. The van der Waals surface area contributed by atoms with Crippen LogP contribution >= 0.6 is 0 Å². The number of nitrogens with zero attached hydrogens (tertiary/aromatic N) is 2. The van der Waals surface area contributed by atoms with Gasteiger partial charge in [-0.25, -0.2) is 18.3 Å². The highest BCUT2D eigenvalue weighted by atomic mass is 28.3. The van der Waals surface area contributed by atoms with E-state index in [4.69, 9.17) is 9.84 Å². The van der Waals surface area contributed by atoms with Crippen molar-refractivity contribution in [2.45, 2.75) is 57.6 Å². The molecule has 0 aliphatic heterocycles. The lowest BCUT2D eigenvalue weighted by molar-refractivity contribution is -0.0141. The Bertz CT molecular complexity index is 567. The van der Waals surface area contributed by atoms with Gasteiger partial charge in [-0.3, -0.25) is 0 Å². The largest absolute Gasteiger partial charge is 0.476 e. The van der Waals surface area contributed by atoms with E-state index >= 15 is 0 Å². The van der Waals surface area contributed by atoms with Crippen molar-refractivity contribution in [2.24, 2.45) is 0 Å². The quantitative estimate of drug-likeness (QED) is 0.642. The highest BCUT2D eigenvalue weighted by Gasteiger charge is 2.39. The Hall–Kier alpha value is -1.28. The van der Waals surface area contributed by atoms with Gasteiger partial charge >= 0.3 is 5.97 Å². The third-order valence-corrected chi connectivity index (χ3v) is 5.45. The van der Waals surface area contributed by atoms with Gasteiger partial charge in [-0.2, -0.15) is 5.10 Å². The minimum Gasteiger partial charge on any atom is -0.476 e. The molecule has 0 amide bonds. The summed E-state index contributed by atoms with van der Waals surface area (Å²) in [5, 5.41) is 13.1. The first-order chi connectivity index (χ1) is 10.1. The molecule has 22 heavy (non-hydrogen) atoms. The lowest BCUT2D eigenvalue weighted by Gasteiger charge is -2.22. The molecule has 1 aliphatic carbocycles. The molecule has 5 nitrogen and oxygen atoms in total. The average molecular weight is 332 g/mol. The number of hydrogen-bond acceptors (Lipinski definition) is 3. The zero-order valence-electron chi connectivity index (χ0n) is 13.2. The number of carboxylic acids is 1. The normalized spacial score (nSPS) is 17.3. The van der Waals surface area contributed by atoms with Crippen LogP contribution in [0.15, 0.2) is 0 Å². The Kier molecular flexibility index (Phi) is 4.72. The zero-order valence-corrected chi connectivity index (χ0v) is 14.2. The van der Waals surface area contributed by atoms with Crippen molar-refractivity contribution in [2.75, 3.05) is 6.61 Å². The van der Waals surface area contributed by atoms with Crippen LogP contribution in [0.4, 0.5) is 8.78 Å². The smallest absolute Gasteiger partial charge is 0.356 e. The summed E-state index contributed by atoms with van der Waals surface area (Å²) in [5.41, 5.74) is 0.442. The third kappa shape index (κ3) is 4.13. The second-order valence-electron chi connectivity index (χ2n) is 6.96. The van der Waals surface area contributed by atoms with E-state index in [-0.39, 0.29) is 30.8 Å². The van der Waals surface area contributed by atoms with E-state index in [2.05, 4.69) is 24.7 Å². The summed E-state index contributed by atoms with van der Waals surface area (Å²) in [6, 6.07) is 0.986. The van der Waals surface area contributed by atoms with E-state index in [1.54, 1.807) is 0 Å². The average Bonchev–Trinajstić information content (AvgIpc) is 2.70. The molecule has 0 saturated carbocycles. The van der Waals surface area contributed by atoms with Crippen LogP contribution in [0, 0.1) is 0 Å². The standard InChI is InChI=1S/C14H22F2N2O3Si/c1-22(2,3)7-6-21-9-18-11-4-5-14(15,16)8-10(11)12(17-18)13(19)20/h4-9H2,1-3H3,(H,19,20). The predicted octanol–water partition coefficient (Wildman–Crippen LogP) is 3.02. The van der Waals surface area contributed by atoms with Crippen molar-refractivity contribution >= 4 is 14.0 Å². The number of carboxylic acid groups (broad SMARTS) is 1. The molecule has 0 unspecified atom stereocenters. The highest BCUT2D eigenvalue weighted by molar-refractivity contribution is 6.76. The van der Waals surface area contributed by atoms with Gasteiger partial charge in [0, 0.05) is 38.8 Å². The third-order valence-electron chi connectivity index (χ3n) is 3.74. The van der Waals surface area contributed by atoms with Crippen LogP contribution in [0.5, 0.6) is 0 Å². The topological polar surface area (TPSA) is 64.4 Å². The number of fused-ring (bicyclic) bond motifs is 1. The first-order valence-corrected chi connectivity index (χ1v) is 11.1. The molecule has 0 saturated heterocycles. The van der Waals surface area contributed by atoms with Crippen LogP contribution in [-0.2, 0) is 24.3 Å². The second-order valence-corrected chi connectivity index (χ2v) is 12.6. The van der Waals surface area contributed by atoms with Gasteiger partial charge in [-0.1, -0.05) is 19.6 Å². The lowest BCUT2D eigenvalue weighted by atomic mass is 9.92. The SMILES string of the molecule is C[Si](C)(C)CCOCn1nc(C(=O)O)c2c1CCC(F)(F)C2. The van der Waals surface area contributed by atoms with Crippen molar-refractivity contribution < 1.29 is 23.4 Å². The van der Waals surface area contributed by atoms with Gasteiger partial charge in [0.2, 0.25) is 0 Å². The van der Waals surface area contributed by atoms with E-state index in [0.717, 1.165) is 6.04 Å². The molecule has 0 fully saturated rings. The molecule has 0 spiro atoms. The van der Waals surface area contributed by atoms with Crippen molar-refractivity contribution in [3.63, 3.8) is 0 Å². The van der Waals surface area contributed by atoms with Crippen molar-refractivity contribution in [1.29, 1.82) is 0 Å². The molecule has 2 rings (SSSR count). The number of hydrogen-bond donors (Lipinski definition) is 1. The summed E-state index contributed by atoms with van der Waals surface area (Å²) in [7, 11) is -1.20. The number of alkyl halides is 2. The van der Waals surface area contributed by atoms with Crippen molar-refractivity contribution in [1.82, 2.24) is 9.78 Å². The van der Waals surface area contributed by atoms with Crippen molar-refractivity contribution in [3.05, 3.63) is 17.0 Å².